The van der Waals surface area contributed by atoms with Gasteiger partial charge in [-0.25, -0.2) is 4.98 Å². The van der Waals surface area contributed by atoms with Crippen LogP contribution >= 0.6 is 0 Å². The highest BCUT2D eigenvalue weighted by Gasteiger charge is 2.17. The standard InChI is InChI=1S/C24H18N4O4/c1-30-18-7-4-16(5-8-18)24-27-20(14-31-24)22-19-11-17(6-9-21(19)32-28-22)23(29)26-13-15-3-2-10-25-12-15/h2-12,14H,13H2,1H3,(H,26,29). The van der Waals surface area contributed by atoms with Crippen molar-refractivity contribution in [2.24, 2.45) is 0 Å². The van der Waals surface area contributed by atoms with Gasteiger partial charge in [0.05, 0.1) is 12.5 Å². The number of aromatic nitrogens is 3. The number of nitrogens with one attached hydrogen (secondary N) is 1. The minimum absolute atomic E-state index is 0.207. The first-order valence-corrected chi connectivity index (χ1v) is 9.88. The van der Waals surface area contributed by atoms with Gasteiger partial charge in [-0.3, -0.25) is 9.78 Å². The summed E-state index contributed by atoms with van der Waals surface area (Å²) in [5.41, 5.74) is 3.79. The average Bonchev–Trinajstić information content (AvgIpc) is 3.50. The number of fused-ring (bicyclic) bond motifs is 1. The zero-order valence-corrected chi connectivity index (χ0v) is 17.1. The molecule has 158 valence electrons. The normalized spacial score (nSPS) is 10.9. The van der Waals surface area contributed by atoms with Crippen LogP contribution in [-0.2, 0) is 6.54 Å². The number of methoxy groups -OCH3 is 1. The summed E-state index contributed by atoms with van der Waals surface area (Å²) >= 11 is 0. The van der Waals surface area contributed by atoms with Crippen molar-refractivity contribution < 1.29 is 18.5 Å². The molecule has 0 unspecified atom stereocenters. The SMILES string of the molecule is COc1ccc(-c2nc(-c3noc4ccc(C(=O)NCc5cccnc5)cc34)co2)cc1. The van der Waals surface area contributed by atoms with E-state index in [0.29, 0.717) is 40.4 Å². The fraction of sp³-hybridized carbons (Fsp3) is 0.0833. The van der Waals surface area contributed by atoms with Crippen LogP contribution in [-0.4, -0.2) is 28.1 Å². The molecule has 0 fully saturated rings. The molecule has 0 bridgehead atoms. The number of amides is 1. The van der Waals surface area contributed by atoms with E-state index in [4.69, 9.17) is 13.7 Å². The lowest BCUT2D eigenvalue weighted by atomic mass is 10.1. The van der Waals surface area contributed by atoms with E-state index in [2.05, 4.69) is 20.4 Å². The van der Waals surface area contributed by atoms with E-state index in [0.717, 1.165) is 16.9 Å². The second-order valence-corrected chi connectivity index (χ2v) is 7.05. The number of benzene rings is 2. The van der Waals surface area contributed by atoms with E-state index in [1.807, 2.05) is 36.4 Å². The molecule has 8 nitrogen and oxygen atoms in total. The minimum Gasteiger partial charge on any atom is -0.497 e. The molecular formula is C24H18N4O4. The third-order valence-electron chi connectivity index (χ3n) is 4.99. The number of nitrogens with zero attached hydrogens (tertiary/aromatic N) is 3. The summed E-state index contributed by atoms with van der Waals surface area (Å²) in [6.45, 7) is 0.385. The van der Waals surface area contributed by atoms with E-state index in [1.165, 1.54) is 6.26 Å². The Morgan fingerprint density at radius 2 is 2.00 bits per heavy atom. The lowest BCUT2D eigenvalue weighted by molar-refractivity contribution is 0.0951. The number of rotatable bonds is 6. The Bertz CT molecular complexity index is 1370. The van der Waals surface area contributed by atoms with Crippen LogP contribution in [0.25, 0.3) is 33.8 Å². The molecule has 8 heteroatoms. The first-order valence-electron chi connectivity index (χ1n) is 9.88. The Balaban J connectivity index is 1.40. The molecule has 0 saturated heterocycles. The smallest absolute Gasteiger partial charge is 0.251 e. The molecule has 0 atom stereocenters. The van der Waals surface area contributed by atoms with Crippen molar-refractivity contribution in [2.45, 2.75) is 6.54 Å². The van der Waals surface area contributed by atoms with Crippen molar-refractivity contribution in [3.8, 4) is 28.6 Å². The molecule has 3 heterocycles. The lowest BCUT2D eigenvalue weighted by Gasteiger charge is -2.05. The Labute approximate surface area is 182 Å². The third-order valence-corrected chi connectivity index (χ3v) is 4.99. The topological polar surface area (TPSA) is 103 Å². The van der Waals surface area contributed by atoms with Crippen LogP contribution in [0.2, 0.25) is 0 Å². The molecule has 5 rings (SSSR count). The Morgan fingerprint density at radius 3 is 2.78 bits per heavy atom. The number of ether oxygens (including phenoxy) is 1. The summed E-state index contributed by atoms with van der Waals surface area (Å²) < 4.78 is 16.2. The second kappa shape index (κ2) is 8.35. The van der Waals surface area contributed by atoms with Crippen LogP contribution in [0.1, 0.15) is 15.9 Å². The van der Waals surface area contributed by atoms with Gasteiger partial charge < -0.3 is 19.0 Å². The fourth-order valence-electron chi connectivity index (χ4n) is 3.30. The van der Waals surface area contributed by atoms with Gasteiger partial charge in [0.1, 0.15) is 23.4 Å². The van der Waals surface area contributed by atoms with Gasteiger partial charge in [-0.15, -0.1) is 0 Å². The van der Waals surface area contributed by atoms with Crippen LogP contribution < -0.4 is 10.1 Å². The van der Waals surface area contributed by atoms with Gasteiger partial charge in [-0.2, -0.15) is 0 Å². The van der Waals surface area contributed by atoms with Gasteiger partial charge in [-0.05, 0) is 54.1 Å². The van der Waals surface area contributed by atoms with E-state index < -0.39 is 0 Å². The van der Waals surface area contributed by atoms with E-state index in [1.54, 1.807) is 37.7 Å². The molecule has 0 spiro atoms. The maximum Gasteiger partial charge on any atom is 0.251 e. The largest absolute Gasteiger partial charge is 0.497 e. The van der Waals surface area contributed by atoms with Gasteiger partial charge in [0.2, 0.25) is 5.89 Å². The van der Waals surface area contributed by atoms with E-state index in [-0.39, 0.29) is 5.91 Å². The van der Waals surface area contributed by atoms with Gasteiger partial charge >= 0.3 is 0 Å². The van der Waals surface area contributed by atoms with Crippen molar-refractivity contribution in [3.05, 3.63) is 84.4 Å². The molecule has 0 aliphatic rings. The summed E-state index contributed by atoms with van der Waals surface area (Å²) in [6.07, 6.45) is 4.93. The van der Waals surface area contributed by atoms with Crippen molar-refractivity contribution in [3.63, 3.8) is 0 Å². The van der Waals surface area contributed by atoms with Crippen LogP contribution in [0, 0.1) is 0 Å². The van der Waals surface area contributed by atoms with Crippen molar-refractivity contribution >= 4 is 16.9 Å². The number of hydrogen-bond donors (Lipinski definition) is 1. The third kappa shape index (κ3) is 3.81. The first kappa shape index (κ1) is 19.5. The molecule has 1 N–H and O–H groups in total. The van der Waals surface area contributed by atoms with Gasteiger partial charge in [0, 0.05) is 30.1 Å². The zero-order valence-electron chi connectivity index (χ0n) is 17.1. The van der Waals surface area contributed by atoms with Crippen molar-refractivity contribution in [1.82, 2.24) is 20.4 Å². The highest BCUT2D eigenvalue weighted by Crippen LogP contribution is 2.31. The molecule has 32 heavy (non-hydrogen) atoms. The van der Waals surface area contributed by atoms with Gasteiger partial charge in [0.15, 0.2) is 5.58 Å². The minimum atomic E-state index is -0.207. The second-order valence-electron chi connectivity index (χ2n) is 7.05. The molecule has 0 radical (unpaired) electrons. The number of carbonyl (C=O) groups excluding carboxylic acids is 1. The Kier molecular flexibility index (Phi) is 5.09. The maximum atomic E-state index is 12.6. The molecular weight excluding hydrogens is 408 g/mol. The van der Waals surface area contributed by atoms with Gasteiger partial charge in [0.25, 0.3) is 5.91 Å². The zero-order chi connectivity index (χ0) is 21.9. The number of pyridine rings is 1. The summed E-state index contributed by atoms with van der Waals surface area (Å²) in [5, 5.41) is 7.70. The van der Waals surface area contributed by atoms with Crippen LogP contribution in [0.15, 0.2) is 82.2 Å². The first-order chi connectivity index (χ1) is 15.7. The van der Waals surface area contributed by atoms with E-state index >= 15 is 0 Å². The van der Waals surface area contributed by atoms with Crippen molar-refractivity contribution in [2.75, 3.05) is 7.11 Å². The number of carbonyl (C=O) groups is 1. The summed E-state index contributed by atoms with van der Waals surface area (Å²) in [5.74, 6) is 0.989. The average molecular weight is 426 g/mol. The molecule has 5 aromatic rings. The van der Waals surface area contributed by atoms with E-state index in [9.17, 15) is 4.79 Å². The monoisotopic (exact) mass is 426 g/mol. The van der Waals surface area contributed by atoms with Gasteiger partial charge in [-0.1, -0.05) is 11.2 Å². The quantitative estimate of drug-likeness (QED) is 0.427. The van der Waals surface area contributed by atoms with Crippen LogP contribution in [0.4, 0.5) is 0 Å². The Hall–Kier alpha value is -4.46. The predicted octanol–water partition coefficient (Wildman–Crippen LogP) is 4.48. The molecule has 0 aliphatic carbocycles. The van der Waals surface area contributed by atoms with Crippen molar-refractivity contribution in [1.29, 1.82) is 0 Å². The maximum absolute atomic E-state index is 12.6. The fourth-order valence-corrected chi connectivity index (χ4v) is 3.30. The molecule has 0 aliphatic heterocycles. The lowest BCUT2D eigenvalue weighted by Crippen LogP contribution is -2.22. The van der Waals surface area contributed by atoms with Crippen LogP contribution in [0.3, 0.4) is 0 Å². The summed E-state index contributed by atoms with van der Waals surface area (Å²) in [7, 11) is 1.61. The van der Waals surface area contributed by atoms with Crippen LogP contribution in [0.5, 0.6) is 5.75 Å². The summed E-state index contributed by atoms with van der Waals surface area (Å²) in [4.78, 5) is 21.2. The Morgan fingerprint density at radius 1 is 1.12 bits per heavy atom. The highest BCUT2D eigenvalue weighted by atomic mass is 16.5. The molecule has 3 aromatic heterocycles. The number of oxazole rings is 1. The summed E-state index contributed by atoms with van der Waals surface area (Å²) in [6, 6.07) is 16.3. The molecule has 0 saturated carbocycles. The number of hydrogen-bond acceptors (Lipinski definition) is 7. The molecule has 2 aromatic carbocycles. The highest BCUT2D eigenvalue weighted by molar-refractivity contribution is 6.00. The molecule has 1 amide bonds. The predicted molar refractivity (Wildman–Crippen MR) is 117 cm³/mol.